The molecule has 0 aromatic heterocycles. The SMILES string of the molecule is CN1CCCCc2ccc(Cl)cc21. The van der Waals surface area contributed by atoms with E-state index in [-0.39, 0.29) is 0 Å². The van der Waals surface area contributed by atoms with Crippen LogP contribution in [0.1, 0.15) is 18.4 Å². The van der Waals surface area contributed by atoms with Gasteiger partial charge in [0.05, 0.1) is 0 Å². The number of rotatable bonds is 0. The summed E-state index contributed by atoms with van der Waals surface area (Å²) in [5, 5.41) is 0.840. The summed E-state index contributed by atoms with van der Waals surface area (Å²) in [5.41, 5.74) is 2.74. The van der Waals surface area contributed by atoms with E-state index in [4.69, 9.17) is 11.6 Å². The summed E-state index contributed by atoms with van der Waals surface area (Å²) in [6.07, 6.45) is 3.76. The molecule has 1 aromatic carbocycles. The molecule has 0 amide bonds. The standard InChI is InChI=1S/C11H14ClN/c1-13-7-3-2-4-9-5-6-10(12)8-11(9)13/h5-6,8H,2-4,7H2,1H3. The molecule has 0 aliphatic carbocycles. The fourth-order valence-corrected chi connectivity index (χ4v) is 2.05. The zero-order chi connectivity index (χ0) is 9.26. The molecule has 0 fully saturated rings. The Morgan fingerprint density at radius 1 is 1.31 bits per heavy atom. The largest absolute Gasteiger partial charge is 0.374 e. The summed E-state index contributed by atoms with van der Waals surface area (Å²) in [4.78, 5) is 2.30. The van der Waals surface area contributed by atoms with E-state index >= 15 is 0 Å². The number of hydrogen-bond donors (Lipinski definition) is 0. The molecule has 0 spiro atoms. The van der Waals surface area contributed by atoms with Crippen molar-refractivity contribution in [1.29, 1.82) is 0 Å². The molecule has 2 heteroatoms. The summed E-state index contributed by atoms with van der Waals surface area (Å²) < 4.78 is 0. The number of anilines is 1. The van der Waals surface area contributed by atoms with Crippen LogP contribution in [-0.2, 0) is 6.42 Å². The molecule has 0 N–H and O–H groups in total. The molecule has 1 nitrogen and oxygen atoms in total. The highest BCUT2D eigenvalue weighted by Gasteiger charge is 2.11. The van der Waals surface area contributed by atoms with Gasteiger partial charge in [0.25, 0.3) is 0 Å². The monoisotopic (exact) mass is 195 g/mol. The minimum atomic E-state index is 0.840. The Hall–Kier alpha value is -0.690. The maximum absolute atomic E-state index is 5.97. The fraction of sp³-hybridized carbons (Fsp3) is 0.455. The molecule has 0 bridgehead atoms. The number of benzene rings is 1. The molecule has 2 rings (SSSR count). The fourth-order valence-electron chi connectivity index (χ4n) is 1.89. The van der Waals surface area contributed by atoms with Crippen LogP contribution in [0.3, 0.4) is 0 Å². The predicted molar refractivity (Wildman–Crippen MR) is 57.7 cm³/mol. The number of hydrogen-bond acceptors (Lipinski definition) is 1. The van der Waals surface area contributed by atoms with Crippen molar-refractivity contribution in [1.82, 2.24) is 0 Å². The van der Waals surface area contributed by atoms with E-state index in [1.54, 1.807) is 0 Å². The van der Waals surface area contributed by atoms with Gasteiger partial charge >= 0.3 is 0 Å². The summed E-state index contributed by atoms with van der Waals surface area (Å²) in [6, 6.07) is 6.21. The minimum absolute atomic E-state index is 0.840. The van der Waals surface area contributed by atoms with Crippen LogP contribution in [0, 0.1) is 0 Å². The van der Waals surface area contributed by atoms with Crippen molar-refractivity contribution < 1.29 is 0 Å². The van der Waals surface area contributed by atoms with Crippen molar-refractivity contribution in [2.24, 2.45) is 0 Å². The van der Waals surface area contributed by atoms with Crippen LogP contribution in [0.4, 0.5) is 5.69 Å². The Labute approximate surface area is 84.3 Å². The number of fused-ring (bicyclic) bond motifs is 1. The zero-order valence-electron chi connectivity index (χ0n) is 7.89. The molecule has 13 heavy (non-hydrogen) atoms. The number of halogens is 1. The van der Waals surface area contributed by atoms with Gasteiger partial charge in [-0.1, -0.05) is 17.7 Å². The van der Waals surface area contributed by atoms with Crippen LogP contribution in [0.15, 0.2) is 18.2 Å². The molecule has 0 unspecified atom stereocenters. The van der Waals surface area contributed by atoms with Crippen molar-refractivity contribution in [3.8, 4) is 0 Å². The molecule has 1 heterocycles. The van der Waals surface area contributed by atoms with E-state index in [1.165, 1.54) is 30.5 Å². The molecule has 0 saturated heterocycles. The predicted octanol–water partition coefficient (Wildman–Crippen LogP) is 3.11. The average Bonchev–Trinajstić information content (AvgIpc) is 2.29. The van der Waals surface area contributed by atoms with E-state index in [0.29, 0.717) is 0 Å². The second kappa shape index (κ2) is 3.59. The Morgan fingerprint density at radius 2 is 2.15 bits per heavy atom. The summed E-state index contributed by atoms with van der Waals surface area (Å²) in [7, 11) is 2.14. The first kappa shape index (κ1) is 8.89. The van der Waals surface area contributed by atoms with Gasteiger partial charge in [0, 0.05) is 24.3 Å². The van der Waals surface area contributed by atoms with Crippen LogP contribution in [-0.4, -0.2) is 13.6 Å². The molecule has 1 aliphatic heterocycles. The first-order chi connectivity index (χ1) is 6.27. The van der Waals surface area contributed by atoms with Crippen molar-refractivity contribution in [3.63, 3.8) is 0 Å². The van der Waals surface area contributed by atoms with Crippen LogP contribution in [0.5, 0.6) is 0 Å². The Kier molecular flexibility index (Phi) is 2.45. The highest BCUT2D eigenvalue weighted by atomic mass is 35.5. The second-order valence-electron chi connectivity index (χ2n) is 3.65. The maximum atomic E-state index is 5.97. The molecule has 0 radical (unpaired) electrons. The van der Waals surface area contributed by atoms with E-state index < -0.39 is 0 Å². The third kappa shape index (κ3) is 1.80. The van der Waals surface area contributed by atoms with Crippen molar-refractivity contribution >= 4 is 17.3 Å². The molecule has 0 saturated carbocycles. The lowest BCUT2D eigenvalue weighted by Gasteiger charge is -2.19. The summed E-state index contributed by atoms with van der Waals surface area (Å²) in [5.74, 6) is 0. The zero-order valence-corrected chi connectivity index (χ0v) is 8.64. The third-order valence-corrected chi connectivity index (χ3v) is 2.88. The first-order valence-electron chi connectivity index (χ1n) is 4.77. The van der Waals surface area contributed by atoms with E-state index in [1.807, 2.05) is 6.07 Å². The van der Waals surface area contributed by atoms with Gasteiger partial charge in [0.15, 0.2) is 0 Å². The molecule has 1 aliphatic rings. The lowest BCUT2D eigenvalue weighted by Crippen LogP contribution is -2.17. The van der Waals surface area contributed by atoms with Crippen LogP contribution < -0.4 is 4.90 Å². The normalized spacial score (nSPS) is 16.6. The molecular weight excluding hydrogens is 182 g/mol. The van der Waals surface area contributed by atoms with E-state index in [9.17, 15) is 0 Å². The first-order valence-corrected chi connectivity index (χ1v) is 5.15. The lowest BCUT2D eigenvalue weighted by atomic mass is 10.1. The van der Waals surface area contributed by atoms with Gasteiger partial charge in [-0.25, -0.2) is 0 Å². The van der Waals surface area contributed by atoms with E-state index in [2.05, 4.69) is 24.1 Å². The maximum Gasteiger partial charge on any atom is 0.0426 e. The summed E-state index contributed by atoms with van der Waals surface area (Å²) >= 11 is 5.97. The van der Waals surface area contributed by atoms with Crippen LogP contribution in [0.25, 0.3) is 0 Å². The quantitative estimate of drug-likeness (QED) is 0.615. The highest BCUT2D eigenvalue weighted by Crippen LogP contribution is 2.27. The smallest absolute Gasteiger partial charge is 0.0426 e. The molecule has 0 atom stereocenters. The summed E-state index contributed by atoms with van der Waals surface area (Å²) in [6.45, 7) is 1.15. The van der Waals surface area contributed by atoms with Gasteiger partial charge in [0.1, 0.15) is 0 Å². The van der Waals surface area contributed by atoms with Gasteiger partial charge in [-0.3, -0.25) is 0 Å². The molecular formula is C11H14ClN. The topological polar surface area (TPSA) is 3.24 Å². The Morgan fingerprint density at radius 3 is 3.00 bits per heavy atom. The van der Waals surface area contributed by atoms with Crippen molar-refractivity contribution in [3.05, 3.63) is 28.8 Å². The van der Waals surface area contributed by atoms with Gasteiger partial charge in [-0.2, -0.15) is 0 Å². The van der Waals surface area contributed by atoms with Crippen molar-refractivity contribution in [2.45, 2.75) is 19.3 Å². The lowest BCUT2D eigenvalue weighted by molar-refractivity contribution is 0.750. The van der Waals surface area contributed by atoms with Gasteiger partial charge < -0.3 is 4.90 Å². The minimum Gasteiger partial charge on any atom is -0.374 e. The van der Waals surface area contributed by atoms with Crippen LogP contribution in [0.2, 0.25) is 5.02 Å². The van der Waals surface area contributed by atoms with Gasteiger partial charge in [0.2, 0.25) is 0 Å². The highest BCUT2D eigenvalue weighted by molar-refractivity contribution is 6.30. The van der Waals surface area contributed by atoms with Crippen molar-refractivity contribution in [2.75, 3.05) is 18.5 Å². The number of nitrogens with zero attached hydrogens (tertiary/aromatic N) is 1. The Balaban J connectivity index is 2.43. The second-order valence-corrected chi connectivity index (χ2v) is 4.09. The van der Waals surface area contributed by atoms with E-state index in [0.717, 1.165) is 11.6 Å². The van der Waals surface area contributed by atoms with Crippen LogP contribution >= 0.6 is 11.6 Å². The third-order valence-electron chi connectivity index (χ3n) is 2.65. The molecule has 1 aromatic rings. The van der Waals surface area contributed by atoms with Gasteiger partial charge in [-0.15, -0.1) is 0 Å². The molecule has 70 valence electrons. The average molecular weight is 196 g/mol. The Bertz CT molecular complexity index is 309. The van der Waals surface area contributed by atoms with Gasteiger partial charge in [-0.05, 0) is 37.0 Å². The number of aryl methyl sites for hydroxylation is 1.